The third-order valence-corrected chi connectivity index (χ3v) is 3.37. The summed E-state index contributed by atoms with van der Waals surface area (Å²) in [6, 6.07) is 14.1. The summed E-state index contributed by atoms with van der Waals surface area (Å²) in [6.07, 6.45) is 1.70. The summed E-state index contributed by atoms with van der Waals surface area (Å²) in [5.74, 6) is 0. The number of hydrogen-bond acceptors (Lipinski definition) is 3. The third-order valence-electron chi connectivity index (χ3n) is 3.37. The number of nitro benzene ring substituents is 1. The first-order chi connectivity index (χ1) is 10.2. The highest BCUT2D eigenvalue weighted by Gasteiger charge is 2.12. The van der Waals surface area contributed by atoms with E-state index in [9.17, 15) is 10.1 Å². The van der Waals surface area contributed by atoms with Crippen molar-refractivity contribution < 1.29 is 9.67 Å². The zero-order valence-corrected chi connectivity index (χ0v) is 10.7. The predicted molar refractivity (Wildman–Crippen MR) is 73.8 cm³/mol. The third kappa shape index (κ3) is 1.68. The Morgan fingerprint density at radius 3 is 2.67 bits per heavy atom. The van der Waals surface area contributed by atoms with E-state index in [1.807, 2.05) is 28.8 Å². The fourth-order valence-corrected chi connectivity index (χ4v) is 2.38. The van der Waals surface area contributed by atoms with Gasteiger partial charge in [0.2, 0.25) is 0 Å². The Hall–Kier alpha value is -3.22. The number of para-hydroxylation sites is 1. The fraction of sp³-hybridized carbons (Fsp3) is 0. The average molecular weight is 279 g/mol. The monoisotopic (exact) mass is 279 g/mol. The molecule has 0 spiro atoms. The van der Waals surface area contributed by atoms with Gasteiger partial charge in [-0.1, -0.05) is 22.3 Å². The molecule has 0 saturated heterocycles. The van der Waals surface area contributed by atoms with Crippen LogP contribution in [0, 0.1) is 10.1 Å². The first-order valence-corrected chi connectivity index (χ1v) is 6.31. The zero-order valence-electron chi connectivity index (χ0n) is 10.7. The van der Waals surface area contributed by atoms with Crippen LogP contribution in [0.25, 0.3) is 22.3 Å². The standard InChI is InChI=1S/C14H9N5O2/c20-18(21)11-7-5-10(6-8-11)14-9-15-19-16-12-3-1-2-4-13(12)17(14)19/h1-9H. The molecule has 0 N–H and O–H groups in total. The molecule has 7 nitrogen and oxygen atoms in total. The number of nitro groups is 1. The Labute approximate surface area is 118 Å². The van der Waals surface area contributed by atoms with Crippen LogP contribution in [-0.4, -0.2) is 14.5 Å². The van der Waals surface area contributed by atoms with E-state index in [1.165, 1.54) is 16.9 Å². The average Bonchev–Trinajstić information content (AvgIpc) is 3.06. The van der Waals surface area contributed by atoms with Crippen LogP contribution in [0.2, 0.25) is 0 Å². The maximum absolute atomic E-state index is 10.7. The predicted octanol–water partition coefficient (Wildman–Crippen LogP) is 1.61. The fourth-order valence-electron chi connectivity index (χ4n) is 2.38. The number of hydrogen-bond donors (Lipinski definition) is 0. The first-order valence-electron chi connectivity index (χ1n) is 6.31. The molecule has 102 valence electrons. The van der Waals surface area contributed by atoms with Gasteiger partial charge in [0, 0.05) is 18.3 Å². The molecule has 0 fully saturated rings. The van der Waals surface area contributed by atoms with Crippen LogP contribution in [0.3, 0.4) is 0 Å². The van der Waals surface area contributed by atoms with Gasteiger partial charge in [0.05, 0.1) is 21.7 Å². The summed E-state index contributed by atoms with van der Waals surface area (Å²) in [5, 5.41) is 19.3. The Morgan fingerprint density at radius 2 is 1.90 bits per heavy atom. The van der Waals surface area contributed by atoms with Crippen LogP contribution in [0.1, 0.15) is 0 Å². The van der Waals surface area contributed by atoms with Crippen LogP contribution in [-0.2, 0) is 0 Å². The van der Waals surface area contributed by atoms with Gasteiger partial charge in [-0.05, 0) is 34.6 Å². The van der Waals surface area contributed by atoms with Crippen molar-refractivity contribution in [3.63, 3.8) is 0 Å². The summed E-state index contributed by atoms with van der Waals surface area (Å²) in [5.41, 5.74) is 3.52. The molecule has 0 aliphatic rings. The van der Waals surface area contributed by atoms with Crippen molar-refractivity contribution in [2.45, 2.75) is 0 Å². The van der Waals surface area contributed by atoms with Gasteiger partial charge < -0.3 is 0 Å². The number of benzene rings is 2. The second-order valence-electron chi connectivity index (χ2n) is 4.60. The zero-order chi connectivity index (χ0) is 14.4. The molecule has 0 saturated carbocycles. The lowest BCUT2D eigenvalue weighted by Gasteiger charge is -2.00. The summed E-state index contributed by atoms with van der Waals surface area (Å²) in [4.78, 5) is 10.3. The molecular formula is C14H9N5O2. The lowest BCUT2D eigenvalue weighted by molar-refractivity contribution is -0.729. The van der Waals surface area contributed by atoms with Gasteiger partial charge >= 0.3 is 0 Å². The highest BCUT2D eigenvalue weighted by molar-refractivity contribution is 5.75. The normalized spacial score (nSPS) is 11.2. The number of non-ortho nitro benzene ring substituents is 1. The molecule has 0 aliphatic carbocycles. The topological polar surface area (TPSA) is 78.6 Å². The quantitative estimate of drug-likeness (QED) is 0.317. The Balaban J connectivity index is 1.95. The van der Waals surface area contributed by atoms with Crippen molar-refractivity contribution in [1.82, 2.24) is 14.7 Å². The minimum absolute atomic E-state index is 0.0673. The Morgan fingerprint density at radius 1 is 1.14 bits per heavy atom. The van der Waals surface area contributed by atoms with Crippen LogP contribution < -0.4 is 9.84 Å². The SMILES string of the molecule is O=[N+]([O-])c1ccc(-c2c[n-][n+]3nc4ccccc4n23)cc1. The van der Waals surface area contributed by atoms with E-state index >= 15 is 0 Å². The molecule has 4 rings (SSSR count). The molecule has 2 aromatic carbocycles. The van der Waals surface area contributed by atoms with Crippen molar-refractivity contribution in [2.75, 3.05) is 0 Å². The lowest BCUT2D eigenvalue weighted by atomic mass is 10.1. The van der Waals surface area contributed by atoms with E-state index in [0.29, 0.717) is 0 Å². The molecule has 0 radical (unpaired) electrons. The molecule has 0 bridgehead atoms. The summed E-state index contributed by atoms with van der Waals surface area (Å²) in [7, 11) is 0. The van der Waals surface area contributed by atoms with Gasteiger partial charge in [-0.15, -0.1) is 0 Å². The van der Waals surface area contributed by atoms with Crippen LogP contribution in [0.4, 0.5) is 5.69 Å². The van der Waals surface area contributed by atoms with Gasteiger partial charge in [0.1, 0.15) is 0 Å². The van der Waals surface area contributed by atoms with Gasteiger partial charge in [0.25, 0.3) is 5.69 Å². The summed E-state index contributed by atoms with van der Waals surface area (Å²) >= 11 is 0. The van der Waals surface area contributed by atoms with Crippen molar-refractivity contribution in [3.8, 4) is 11.3 Å². The number of nitrogens with zero attached hydrogens (tertiary/aromatic N) is 5. The summed E-state index contributed by atoms with van der Waals surface area (Å²) in [6.45, 7) is 0. The largest absolute Gasteiger partial charge is 0.269 e. The van der Waals surface area contributed by atoms with E-state index in [4.69, 9.17) is 0 Å². The first kappa shape index (κ1) is 11.6. The molecule has 21 heavy (non-hydrogen) atoms. The maximum Gasteiger partial charge on any atom is 0.269 e. The molecule has 0 amide bonds. The van der Waals surface area contributed by atoms with Crippen molar-refractivity contribution >= 4 is 16.7 Å². The minimum atomic E-state index is -0.413. The second-order valence-corrected chi connectivity index (χ2v) is 4.60. The Bertz CT molecular complexity index is 968. The van der Waals surface area contributed by atoms with E-state index in [0.717, 1.165) is 22.3 Å². The minimum Gasteiger partial charge on any atom is -0.258 e. The molecule has 0 atom stereocenters. The van der Waals surface area contributed by atoms with Gasteiger partial charge in [0.15, 0.2) is 0 Å². The van der Waals surface area contributed by atoms with Gasteiger partial charge in [-0.2, -0.15) is 4.52 Å². The van der Waals surface area contributed by atoms with Gasteiger partial charge in [-0.25, -0.2) is 0 Å². The van der Waals surface area contributed by atoms with E-state index < -0.39 is 4.92 Å². The number of aromatic nitrogens is 4. The molecular weight excluding hydrogens is 270 g/mol. The Kier molecular flexibility index (Phi) is 2.28. The van der Waals surface area contributed by atoms with Crippen LogP contribution in [0.15, 0.2) is 54.7 Å². The highest BCUT2D eigenvalue weighted by atomic mass is 16.6. The van der Waals surface area contributed by atoms with Gasteiger partial charge in [-0.3, -0.25) is 10.1 Å². The second kappa shape index (κ2) is 4.14. The molecule has 2 heterocycles. The van der Waals surface area contributed by atoms with E-state index in [2.05, 4.69) is 10.2 Å². The lowest BCUT2D eigenvalue weighted by Crippen LogP contribution is -2.33. The molecule has 7 heteroatoms. The van der Waals surface area contributed by atoms with Crippen molar-refractivity contribution in [1.29, 1.82) is 0 Å². The van der Waals surface area contributed by atoms with E-state index in [1.54, 1.807) is 18.3 Å². The molecule has 0 aliphatic heterocycles. The molecule has 4 aromatic rings. The van der Waals surface area contributed by atoms with Crippen LogP contribution in [0.5, 0.6) is 0 Å². The maximum atomic E-state index is 10.7. The molecule has 2 aromatic heterocycles. The molecule has 0 unspecified atom stereocenters. The number of rotatable bonds is 2. The highest BCUT2D eigenvalue weighted by Crippen LogP contribution is 2.22. The van der Waals surface area contributed by atoms with Crippen molar-refractivity contribution in [3.05, 3.63) is 64.8 Å². The summed E-state index contributed by atoms with van der Waals surface area (Å²) < 4.78 is 3.39. The smallest absolute Gasteiger partial charge is 0.258 e. The number of fused-ring (bicyclic) bond motifs is 3. The van der Waals surface area contributed by atoms with E-state index in [-0.39, 0.29) is 5.69 Å². The van der Waals surface area contributed by atoms with Crippen molar-refractivity contribution in [2.24, 2.45) is 0 Å². The van der Waals surface area contributed by atoms with Crippen LogP contribution >= 0.6 is 0 Å².